The lowest BCUT2D eigenvalue weighted by atomic mass is 10.00. The average molecular weight is 544 g/mol. The highest BCUT2D eigenvalue weighted by molar-refractivity contribution is 6.21. The summed E-state index contributed by atoms with van der Waals surface area (Å²) < 4.78 is 14.7. The number of halogens is 1. The highest BCUT2D eigenvalue weighted by atomic mass is 19.1. The summed E-state index contributed by atoms with van der Waals surface area (Å²) in [6.45, 7) is 5.53. The van der Waals surface area contributed by atoms with Gasteiger partial charge in [-0.25, -0.2) is 4.39 Å². The summed E-state index contributed by atoms with van der Waals surface area (Å²) in [6, 6.07) is 21.2. The summed E-state index contributed by atoms with van der Waals surface area (Å²) in [5.74, 6) is -1.96. The number of hydrogen-bond donors (Lipinski definition) is 1. The number of fused-ring (bicyclic) bond motifs is 1. The standard InChI is InChI=1S/C32H34FN3O4/c1-32(2,3)34-29(38)27(20-22-12-5-4-6-13-22)36(21-23-14-7-10-17-26(23)33)28(37)18-11-19-35-30(39)24-15-8-9-16-25(24)31(35)40/h4-10,12-17,27H,11,18-21H2,1-3H3,(H,34,38)/t27-/m1/s1. The zero-order valence-corrected chi connectivity index (χ0v) is 23.0. The van der Waals surface area contributed by atoms with Crippen molar-refractivity contribution < 1.29 is 23.6 Å². The van der Waals surface area contributed by atoms with Crippen molar-refractivity contribution in [3.05, 3.63) is 107 Å². The van der Waals surface area contributed by atoms with Crippen LogP contribution in [-0.2, 0) is 22.6 Å². The van der Waals surface area contributed by atoms with Crippen LogP contribution in [0.25, 0.3) is 0 Å². The summed E-state index contributed by atoms with van der Waals surface area (Å²) in [4.78, 5) is 55.4. The van der Waals surface area contributed by atoms with E-state index in [0.717, 1.165) is 10.5 Å². The van der Waals surface area contributed by atoms with Gasteiger partial charge < -0.3 is 10.2 Å². The second kappa shape index (κ2) is 12.2. The van der Waals surface area contributed by atoms with Gasteiger partial charge in [0.25, 0.3) is 11.8 Å². The van der Waals surface area contributed by atoms with E-state index in [-0.39, 0.29) is 61.5 Å². The molecule has 4 rings (SSSR count). The Kier molecular flexibility index (Phi) is 8.77. The smallest absolute Gasteiger partial charge is 0.261 e. The summed E-state index contributed by atoms with van der Waals surface area (Å²) in [6.07, 6.45) is 0.411. The molecule has 0 saturated heterocycles. The first-order valence-corrected chi connectivity index (χ1v) is 13.4. The highest BCUT2D eigenvalue weighted by Gasteiger charge is 2.36. The Morgan fingerprint density at radius 1 is 0.875 bits per heavy atom. The van der Waals surface area contributed by atoms with E-state index in [1.807, 2.05) is 51.1 Å². The monoisotopic (exact) mass is 543 g/mol. The van der Waals surface area contributed by atoms with Crippen molar-refractivity contribution in [3.63, 3.8) is 0 Å². The Morgan fingerprint density at radius 2 is 1.45 bits per heavy atom. The predicted molar refractivity (Wildman–Crippen MR) is 150 cm³/mol. The second-order valence-corrected chi connectivity index (χ2v) is 11.0. The third-order valence-electron chi connectivity index (χ3n) is 6.72. The maximum atomic E-state index is 14.7. The molecule has 1 aliphatic heterocycles. The fourth-order valence-corrected chi connectivity index (χ4v) is 4.79. The highest BCUT2D eigenvalue weighted by Crippen LogP contribution is 2.23. The van der Waals surface area contributed by atoms with E-state index in [2.05, 4.69) is 5.32 Å². The number of nitrogens with zero attached hydrogens (tertiary/aromatic N) is 2. The van der Waals surface area contributed by atoms with Crippen LogP contribution in [-0.4, -0.2) is 51.6 Å². The van der Waals surface area contributed by atoms with Gasteiger partial charge in [-0.15, -0.1) is 0 Å². The number of benzene rings is 3. The molecular formula is C32H34FN3O4. The third kappa shape index (κ3) is 6.81. The van der Waals surface area contributed by atoms with E-state index < -0.39 is 17.4 Å². The zero-order chi connectivity index (χ0) is 28.9. The van der Waals surface area contributed by atoms with Crippen molar-refractivity contribution in [2.45, 2.75) is 58.2 Å². The van der Waals surface area contributed by atoms with Crippen LogP contribution >= 0.6 is 0 Å². The van der Waals surface area contributed by atoms with Gasteiger partial charge in [-0.3, -0.25) is 24.1 Å². The number of carbonyl (C=O) groups is 4. The van der Waals surface area contributed by atoms with Gasteiger partial charge in [0.2, 0.25) is 11.8 Å². The quantitative estimate of drug-likeness (QED) is 0.374. The summed E-state index contributed by atoms with van der Waals surface area (Å²) in [5, 5.41) is 2.97. The minimum Gasteiger partial charge on any atom is -0.350 e. The molecule has 1 N–H and O–H groups in total. The number of amides is 4. The summed E-state index contributed by atoms with van der Waals surface area (Å²) in [5.41, 5.74) is 1.29. The lowest BCUT2D eigenvalue weighted by Crippen LogP contribution is -2.54. The Hall–Kier alpha value is -4.33. The second-order valence-electron chi connectivity index (χ2n) is 11.0. The molecule has 40 heavy (non-hydrogen) atoms. The molecule has 0 bridgehead atoms. The summed E-state index contributed by atoms with van der Waals surface area (Å²) in [7, 11) is 0. The van der Waals surface area contributed by atoms with Crippen molar-refractivity contribution in [1.82, 2.24) is 15.1 Å². The molecular weight excluding hydrogens is 509 g/mol. The van der Waals surface area contributed by atoms with Gasteiger partial charge in [-0.05, 0) is 51.0 Å². The molecule has 1 heterocycles. The number of rotatable bonds is 10. The first-order valence-electron chi connectivity index (χ1n) is 13.4. The molecule has 0 spiro atoms. The molecule has 0 unspecified atom stereocenters. The molecule has 4 amide bonds. The van der Waals surface area contributed by atoms with Crippen LogP contribution in [0.4, 0.5) is 4.39 Å². The van der Waals surface area contributed by atoms with Crippen LogP contribution in [0.2, 0.25) is 0 Å². The van der Waals surface area contributed by atoms with Crippen molar-refractivity contribution in [2.75, 3.05) is 6.54 Å². The molecule has 0 radical (unpaired) electrons. The molecule has 1 atom stereocenters. The van der Waals surface area contributed by atoms with E-state index in [9.17, 15) is 23.6 Å². The zero-order valence-electron chi connectivity index (χ0n) is 23.0. The van der Waals surface area contributed by atoms with Gasteiger partial charge in [0.1, 0.15) is 11.9 Å². The molecule has 0 fully saturated rings. The van der Waals surface area contributed by atoms with Crippen molar-refractivity contribution >= 4 is 23.6 Å². The van der Waals surface area contributed by atoms with Crippen molar-refractivity contribution in [2.24, 2.45) is 0 Å². The number of imide groups is 1. The largest absolute Gasteiger partial charge is 0.350 e. The maximum absolute atomic E-state index is 14.7. The van der Waals surface area contributed by atoms with E-state index in [0.29, 0.717) is 11.1 Å². The van der Waals surface area contributed by atoms with E-state index in [4.69, 9.17) is 0 Å². The van der Waals surface area contributed by atoms with Crippen LogP contribution in [0.15, 0.2) is 78.9 Å². The molecule has 0 saturated carbocycles. The third-order valence-corrected chi connectivity index (χ3v) is 6.72. The molecule has 7 nitrogen and oxygen atoms in total. The lowest BCUT2D eigenvalue weighted by Gasteiger charge is -2.34. The molecule has 208 valence electrons. The number of nitrogens with one attached hydrogen (secondary N) is 1. The average Bonchev–Trinajstić information content (AvgIpc) is 3.16. The van der Waals surface area contributed by atoms with Gasteiger partial charge in [-0.2, -0.15) is 0 Å². The van der Waals surface area contributed by atoms with Crippen LogP contribution in [0.5, 0.6) is 0 Å². The normalized spacial score (nSPS) is 13.7. The van der Waals surface area contributed by atoms with E-state index in [1.54, 1.807) is 42.5 Å². The van der Waals surface area contributed by atoms with E-state index >= 15 is 0 Å². The first kappa shape index (κ1) is 28.7. The van der Waals surface area contributed by atoms with Gasteiger partial charge in [0, 0.05) is 37.0 Å². The van der Waals surface area contributed by atoms with Crippen LogP contribution in [0.3, 0.4) is 0 Å². The van der Waals surface area contributed by atoms with Crippen LogP contribution in [0, 0.1) is 5.82 Å². The molecule has 8 heteroatoms. The SMILES string of the molecule is CC(C)(C)NC(=O)[C@@H](Cc1ccccc1)N(Cc1ccccc1F)C(=O)CCCN1C(=O)c2ccccc2C1=O. The Balaban J connectivity index is 1.57. The number of carbonyl (C=O) groups excluding carboxylic acids is 4. The van der Waals surface area contributed by atoms with E-state index in [1.165, 1.54) is 11.0 Å². The minimum absolute atomic E-state index is 0.0318. The molecule has 1 aliphatic rings. The predicted octanol–water partition coefficient (Wildman–Crippen LogP) is 4.76. The molecule has 3 aromatic rings. The van der Waals surface area contributed by atoms with Crippen LogP contribution in [0.1, 0.15) is 65.5 Å². The fraction of sp³-hybridized carbons (Fsp3) is 0.312. The Labute approximate surface area is 234 Å². The van der Waals surface area contributed by atoms with Crippen molar-refractivity contribution in [1.29, 1.82) is 0 Å². The molecule has 0 aliphatic carbocycles. The van der Waals surface area contributed by atoms with Gasteiger partial charge in [0.05, 0.1) is 11.1 Å². The maximum Gasteiger partial charge on any atom is 0.261 e. The number of hydrogen-bond acceptors (Lipinski definition) is 4. The van der Waals surface area contributed by atoms with Gasteiger partial charge in [0.15, 0.2) is 0 Å². The Morgan fingerprint density at radius 3 is 2.05 bits per heavy atom. The Bertz CT molecular complexity index is 1370. The fourth-order valence-electron chi connectivity index (χ4n) is 4.79. The molecule has 0 aromatic heterocycles. The lowest BCUT2D eigenvalue weighted by molar-refractivity contribution is -0.142. The van der Waals surface area contributed by atoms with Crippen molar-refractivity contribution in [3.8, 4) is 0 Å². The first-order chi connectivity index (χ1) is 19.0. The summed E-state index contributed by atoms with van der Waals surface area (Å²) >= 11 is 0. The molecule has 3 aromatic carbocycles. The topological polar surface area (TPSA) is 86.8 Å². The van der Waals surface area contributed by atoms with Gasteiger partial charge >= 0.3 is 0 Å². The van der Waals surface area contributed by atoms with Crippen LogP contribution < -0.4 is 5.32 Å². The minimum atomic E-state index is -0.909. The van der Waals surface area contributed by atoms with Gasteiger partial charge in [-0.1, -0.05) is 60.7 Å².